The van der Waals surface area contributed by atoms with Gasteiger partial charge in [-0.3, -0.25) is 9.59 Å². The Morgan fingerprint density at radius 2 is 1.81 bits per heavy atom. The van der Waals surface area contributed by atoms with E-state index in [1.807, 2.05) is 0 Å². The minimum atomic E-state index is -0.755. The summed E-state index contributed by atoms with van der Waals surface area (Å²) in [5, 5.41) is 2.30. The van der Waals surface area contributed by atoms with Crippen molar-refractivity contribution in [3.05, 3.63) is 23.8 Å². The highest BCUT2D eigenvalue weighted by Gasteiger charge is 2.20. The van der Waals surface area contributed by atoms with Crippen LogP contribution in [0.4, 0.5) is 20.2 Å². The predicted octanol–water partition coefficient (Wildman–Crippen LogP) is 1.72. The number of carbonyl (C=O) groups excluding carboxylic acids is 2. The smallest absolute Gasteiger partial charge is 0.231 e. The molecule has 1 saturated heterocycles. The van der Waals surface area contributed by atoms with Crippen LogP contribution < -0.4 is 10.2 Å². The quantitative estimate of drug-likeness (QED) is 0.860. The molecule has 1 aromatic carbocycles. The largest absolute Gasteiger partial charge is 0.378 e. The van der Waals surface area contributed by atoms with Crippen molar-refractivity contribution in [2.24, 2.45) is 0 Å². The molecule has 0 atom stereocenters. The second kappa shape index (κ2) is 6.62. The Hall–Kier alpha value is -2.02. The highest BCUT2D eigenvalue weighted by atomic mass is 19.1. The number of halogens is 2. The predicted molar refractivity (Wildman–Crippen MR) is 73.3 cm³/mol. The molecule has 1 heterocycles. The van der Waals surface area contributed by atoms with Crippen molar-refractivity contribution in [3.63, 3.8) is 0 Å². The number of morpholine rings is 1. The van der Waals surface area contributed by atoms with Crippen LogP contribution in [0.25, 0.3) is 0 Å². The van der Waals surface area contributed by atoms with E-state index < -0.39 is 17.5 Å². The average molecular weight is 298 g/mol. The Morgan fingerprint density at radius 3 is 2.33 bits per heavy atom. The maximum atomic E-state index is 14.1. The van der Waals surface area contributed by atoms with Gasteiger partial charge in [-0.1, -0.05) is 0 Å². The molecule has 0 bridgehead atoms. The Bertz CT molecular complexity index is 534. The molecule has 2 rings (SSSR count). The average Bonchev–Trinajstić information content (AvgIpc) is 2.37. The second-order valence-corrected chi connectivity index (χ2v) is 4.81. The first-order chi connectivity index (χ1) is 9.97. The van der Waals surface area contributed by atoms with E-state index in [0.717, 1.165) is 12.1 Å². The van der Waals surface area contributed by atoms with E-state index in [0.29, 0.717) is 26.3 Å². The van der Waals surface area contributed by atoms with Crippen molar-refractivity contribution in [1.29, 1.82) is 0 Å². The summed E-state index contributed by atoms with van der Waals surface area (Å²) < 4.78 is 33.3. The van der Waals surface area contributed by atoms with Crippen LogP contribution in [0.5, 0.6) is 0 Å². The number of nitrogens with zero attached hydrogens (tertiary/aromatic N) is 1. The topological polar surface area (TPSA) is 58.6 Å². The number of amides is 1. The molecule has 0 unspecified atom stereocenters. The van der Waals surface area contributed by atoms with Gasteiger partial charge < -0.3 is 15.0 Å². The molecule has 114 valence electrons. The van der Waals surface area contributed by atoms with Crippen LogP contribution in [0.1, 0.15) is 13.3 Å². The minimum Gasteiger partial charge on any atom is -0.378 e. The van der Waals surface area contributed by atoms with Crippen LogP contribution in [0.15, 0.2) is 12.1 Å². The monoisotopic (exact) mass is 298 g/mol. The summed E-state index contributed by atoms with van der Waals surface area (Å²) in [5.41, 5.74) is -0.129. The highest BCUT2D eigenvalue weighted by Crippen LogP contribution is 2.27. The van der Waals surface area contributed by atoms with E-state index in [9.17, 15) is 18.4 Å². The number of benzene rings is 1. The van der Waals surface area contributed by atoms with E-state index in [4.69, 9.17) is 4.74 Å². The number of ether oxygens (including phenoxy) is 1. The van der Waals surface area contributed by atoms with Gasteiger partial charge in [-0.05, 0) is 19.1 Å². The lowest BCUT2D eigenvalue weighted by Gasteiger charge is -2.29. The molecule has 1 fully saturated rings. The van der Waals surface area contributed by atoms with Gasteiger partial charge in [0.1, 0.15) is 11.5 Å². The molecule has 0 radical (unpaired) electrons. The molecule has 1 amide bonds. The summed E-state index contributed by atoms with van der Waals surface area (Å²) >= 11 is 0. The fraction of sp³-hybridized carbons (Fsp3) is 0.429. The van der Waals surface area contributed by atoms with Gasteiger partial charge in [-0.15, -0.1) is 0 Å². The second-order valence-electron chi connectivity index (χ2n) is 4.81. The first kappa shape index (κ1) is 15.4. The molecule has 0 aliphatic carbocycles. The van der Waals surface area contributed by atoms with Crippen molar-refractivity contribution >= 4 is 23.1 Å². The Morgan fingerprint density at radius 1 is 1.24 bits per heavy atom. The van der Waals surface area contributed by atoms with Crippen LogP contribution >= 0.6 is 0 Å². The maximum Gasteiger partial charge on any atom is 0.231 e. The summed E-state index contributed by atoms with van der Waals surface area (Å²) in [5.74, 6) is -2.43. The number of Topliss-reactive ketones (excluding diaryl/α,β-unsaturated/α-hetero) is 1. The standard InChI is InChI=1S/C14H16F2N2O3/c1-9(19)6-13(20)17-10-7-11(15)14(12(16)8-10)18-2-4-21-5-3-18/h7-8H,2-6H2,1H3,(H,17,20). The molecule has 0 spiro atoms. The fourth-order valence-corrected chi connectivity index (χ4v) is 2.16. The van der Waals surface area contributed by atoms with E-state index in [2.05, 4.69) is 5.32 Å². The van der Waals surface area contributed by atoms with Crippen molar-refractivity contribution in [3.8, 4) is 0 Å². The number of rotatable bonds is 4. The molecule has 1 aromatic rings. The summed E-state index contributed by atoms with van der Waals surface area (Å²) in [6, 6.07) is 2.10. The zero-order chi connectivity index (χ0) is 15.4. The summed E-state index contributed by atoms with van der Waals surface area (Å²) in [6.07, 6.45) is -0.325. The molecule has 7 heteroatoms. The molecule has 0 aromatic heterocycles. The number of hydrogen-bond donors (Lipinski definition) is 1. The van der Waals surface area contributed by atoms with E-state index in [1.54, 1.807) is 4.90 Å². The Labute approximate surface area is 120 Å². The van der Waals surface area contributed by atoms with Crippen LogP contribution in [-0.2, 0) is 14.3 Å². The van der Waals surface area contributed by atoms with Gasteiger partial charge in [-0.2, -0.15) is 0 Å². The molecule has 21 heavy (non-hydrogen) atoms. The number of carbonyl (C=O) groups is 2. The minimum absolute atomic E-state index is 0.00624. The van der Waals surface area contributed by atoms with Gasteiger partial charge in [0, 0.05) is 18.8 Å². The third kappa shape index (κ3) is 3.98. The highest BCUT2D eigenvalue weighted by molar-refractivity contribution is 6.03. The molecular formula is C14H16F2N2O3. The molecule has 1 aliphatic heterocycles. The molecule has 0 saturated carbocycles. The third-order valence-electron chi connectivity index (χ3n) is 3.04. The number of ketones is 1. The molecule has 1 N–H and O–H groups in total. The number of hydrogen-bond acceptors (Lipinski definition) is 4. The first-order valence-electron chi connectivity index (χ1n) is 6.58. The van der Waals surface area contributed by atoms with Crippen LogP contribution in [0.2, 0.25) is 0 Å². The van der Waals surface area contributed by atoms with Crippen LogP contribution in [0.3, 0.4) is 0 Å². The van der Waals surface area contributed by atoms with Gasteiger partial charge in [-0.25, -0.2) is 8.78 Å². The van der Waals surface area contributed by atoms with Crippen molar-refractivity contribution in [2.75, 3.05) is 36.5 Å². The zero-order valence-corrected chi connectivity index (χ0v) is 11.6. The van der Waals surface area contributed by atoms with E-state index in [-0.39, 0.29) is 23.6 Å². The van der Waals surface area contributed by atoms with Crippen molar-refractivity contribution in [2.45, 2.75) is 13.3 Å². The lowest BCUT2D eigenvalue weighted by molar-refractivity contribution is -0.124. The zero-order valence-electron chi connectivity index (χ0n) is 11.6. The van der Waals surface area contributed by atoms with Crippen molar-refractivity contribution in [1.82, 2.24) is 0 Å². The normalized spacial score (nSPS) is 14.9. The summed E-state index contributed by atoms with van der Waals surface area (Å²) in [6.45, 7) is 2.90. The number of anilines is 2. The third-order valence-corrected chi connectivity index (χ3v) is 3.04. The lowest BCUT2D eigenvalue weighted by Crippen LogP contribution is -2.37. The van der Waals surface area contributed by atoms with Gasteiger partial charge in [0.05, 0.1) is 19.6 Å². The van der Waals surface area contributed by atoms with Gasteiger partial charge in [0.25, 0.3) is 0 Å². The molecule has 1 aliphatic rings. The SMILES string of the molecule is CC(=O)CC(=O)Nc1cc(F)c(N2CCOCC2)c(F)c1. The maximum absolute atomic E-state index is 14.1. The van der Waals surface area contributed by atoms with Crippen LogP contribution in [-0.4, -0.2) is 38.0 Å². The van der Waals surface area contributed by atoms with Crippen molar-refractivity contribution < 1.29 is 23.1 Å². The van der Waals surface area contributed by atoms with Gasteiger partial charge in [0.15, 0.2) is 11.6 Å². The Kier molecular flexibility index (Phi) is 4.85. The molecule has 5 nitrogen and oxygen atoms in total. The van der Waals surface area contributed by atoms with E-state index >= 15 is 0 Å². The Balaban J connectivity index is 2.16. The molecular weight excluding hydrogens is 282 g/mol. The van der Waals surface area contributed by atoms with E-state index in [1.165, 1.54) is 6.92 Å². The number of nitrogens with one attached hydrogen (secondary N) is 1. The lowest BCUT2D eigenvalue weighted by atomic mass is 10.2. The summed E-state index contributed by atoms with van der Waals surface area (Å²) in [4.78, 5) is 23.8. The summed E-state index contributed by atoms with van der Waals surface area (Å²) in [7, 11) is 0. The van der Waals surface area contributed by atoms with Crippen LogP contribution in [0, 0.1) is 11.6 Å². The first-order valence-corrected chi connectivity index (χ1v) is 6.58. The van der Waals surface area contributed by atoms with Gasteiger partial charge >= 0.3 is 0 Å². The van der Waals surface area contributed by atoms with Gasteiger partial charge in [0.2, 0.25) is 5.91 Å². The fourth-order valence-electron chi connectivity index (χ4n) is 2.16.